The third-order valence-corrected chi connectivity index (χ3v) is 4.74. The van der Waals surface area contributed by atoms with Crippen molar-refractivity contribution in [1.82, 2.24) is 29.5 Å². The average molecular weight is 344 g/mol. The van der Waals surface area contributed by atoms with Gasteiger partial charge in [-0.15, -0.1) is 0 Å². The molecule has 0 aliphatic carbocycles. The fraction of sp³-hybridized carbons (Fsp3) is 0.611. The molecular formula is C18H28N6O. The quantitative estimate of drug-likeness (QED) is 0.931. The van der Waals surface area contributed by atoms with E-state index in [9.17, 15) is 4.79 Å². The fourth-order valence-corrected chi connectivity index (χ4v) is 3.51. The van der Waals surface area contributed by atoms with E-state index in [1.54, 1.807) is 6.33 Å². The highest BCUT2D eigenvalue weighted by atomic mass is 16.2. The van der Waals surface area contributed by atoms with Gasteiger partial charge in [0, 0.05) is 25.5 Å². The number of rotatable bonds is 3. The number of urea groups is 1. The van der Waals surface area contributed by atoms with Crippen LogP contribution in [0.3, 0.4) is 0 Å². The normalized spacial score (nSPS) is 18.4. The summed E-state index contributed by atoms with van der Waals surface area (Å²) in [6.45, 7) is 7.38. The lowest BCUT2D eigenvalue weighted by Crippen LogP contribution is -2.45. The van der Waals surface area contributed by atoms with Gasteiger partial charge in [0.05, 0.1) is 18.1 Å². The molecule has 0 spiro atoms. The Labute approximate surface area is 149 Å². The summed E-state index contributed by atoms with van der Waals surface area (Å²) >= 11 is 0. The molecule has 1 N–H and O–H groups in total. The Balaban J connectivity index is 1.70. The fourth-order valence-electron chi connectivity index (χ4n) is 3.51. The summed E-state index contributed by atoms with van der Waals surface area (Å²) in [6, 6.07) is 4.24. The highest BCUT2D eigenvalue weighted by Crippen LogP contribution is 2.30. The van der Waals surface area contributed by atoms with Crippen molar-refractivity contribution < 1.29 is 4.79 Å². The van der Waals surface area contributed by atoms with Crippen LogP contribution in [0.1, 0.15) is 57.6 Å². The second kappa shape index (κ2) is 6.90. The Morgan fingerprint density at radius 3 is 2.84 bits per heavy atom. The van der Waals surface area contributed by atoms with Gasteiger partial charge in [0.1, 0.15) is 12.2 Å². The van der Waals surface area contributed by atoms with Gasteiger partial charge in [0.15, 0.2) is 0 Å². The Bertz CT molecular complexity index is 726. The first-order chi connectivity index (χ1) is 11.9. The number of piperidine rings is 1. The number of nitrogens with one attached hydrogen (secondary N) is 1. The van der Waals surface area contributed by atoms with Gasteiger partial charge < -0.3 is 14.8 Å². The van der Waals surface area contributed by atoms with Crippen LogP contribution >= 0.6 is 0 Å². The zero-order valence-electron chi connectivity index (χ0n) is 15.6. The average Bonchev–Trinajstić information content (AvgIpc) is 3.21. The number of carbonyl (C=O) groups excluding carboxylic acids is 1. The number of carbonyl (C=O) groups is 1. The number of aromatic nitrogens is 4. The summed E-state index contributed by atoms with van der Waals surface area (Å²) in [4.78, 5) is 19.1. The standard InChI is InChI=1S/C18H28N6O/c1-18(2,3)24-16(20-13-21-24)12-19-17(25)23-11-6-5-8-15(23)14-9-7-10-22(14)4/h7,9-10,13,15H,5-6,8,11-12H2,1-4H3,(H,19,25)/t15-/m1/s1. The minimum atomic E-state index is -0.159. The topological polar surface area (TPSA) is 68.0 Å². The van der Waals surface area contributed by atoms with Crippen molar-refractivity contribution in [2.75, 3.05) is 6.54 Å². The number of hydrogen-bond acceptors (Lipinski definition) is 3. The highest BCUT2D eigenvalue weighted by Gasteiger charge is 2.29. The largest absolute Gasteiger partial charge is 0.353 e. The molecule has 1 saturated heterocycles. The lowest BCUT2D eigenvalue weighted by atomic mass is 10.00. The van der Waals surface area contributed by atoms with Gasteiger partial charge in [0.25, 0.3) is 0 Å². The summed E-state index contributed by atoms with van der Waals surface area (Å²) in [6.07, 6.45) is 6.78. The molecule has 1 aliphatic rings. The van der Waals surface area contributed by atoms with Gasteiger partial charge in [-0.1, -0.05) is 0 Å². The highest BCUT2D eigenvalue weighted by molar-refractivity contribution is 5.74. The van der Waals surface area contributed by atoms with E-state index >= 15 is 0 Å². The van der Waals surface area contributed by atoms with Gasteiger partial charge in [-0.3, -0.25) is 0 Å². The van der Waals surface area contributed by atoms with E-state index in [1.807, 2.05) is 28.9 Å². The molecule has 7 nitrogen and oxygen atoms in total. The zero-order chi connectivity index (χ0) is 18.0. The molecule has 25 heavy (non-hydrogen) atoms. The number of hydrogen-bond donors (Lipinski definition) is 1. The Hall–Kier alpha value is -2.31. The Morgan fingerprint density at radius 1 is 1.36 bits per heavy atom. The van der Waals surface area contributed by atoms with E-state index in [2.05, 4.69) is 46.8 Å². The van der Waals surface area contributed by atoms with Crippen LogP contribution in [0.25, 0.3) is 0 Å². The van der Waals surface area contributed by atoms with Crippen LogP contribution in [0, 0.1) is 0 Å². The lowest BCUT2D eigenvalue weighted by molar-refractivity contribution is 0.147. The van der Waals surface area contributed by atoms with Crippen molar-refractivity contribution in [3.05, 3.63) is 36.2 Å². The minimum absolute atomic E-state index is 0.0330. The molecule has 2 aromatic heterocycles. The van der Waals surface area contributed by atoms with Gasteiger partial charge in [-0.2, -0.15) is 5.10 Å². The first kappa shape index (κ1) is 17.5. The van der Waals surface area contributed by atoms with Crippen molar-refractivity contribution in [2.24, 2.45) is 7.05 Å². The van der Waals surface area contributed by atoms with E-state index in [0.717, 1.165) is 31.6 Å². The third-order valence-electron chi connectivity index (χ3n) is 4.74. The molecule has 1 atom stereocenters. The van der Waals surface area contributed by atoms with Crippen LogP contribution in [0.4, 0.5) is 4.79 Å². The van der Waals surface area contributed by atoms with E-state index in [0.29, 0.717) is 6.54 Å². The van der Waals surface area contributed by atoms with Gasteiger partial charge in [-0.05, 0) is 52.2 Å². The molecule has 0 unspecified atom stereocenters. The van der Waals surface area contributed by atoms with Crippen molar-refractivity contribution in [2.45, 2.75) is 58.2 Å². The molecule has 7 heteroatoms. The van der Waals surface area contributed by atoms with E-state index in [4.69, 9.17) is 0 Å². The van der Waals surface area contributed by atoms with Crippen LogP contribution in [0.5, 0.6) is 0 Å². The summed E-state index contributed by atoms with van der Waals surface area (Å²) < 4.78 is 3.96. The van der Waals surface area contributed by atoms with E-state index in [-0.39, 0.29) is 17.6 Å². The molecule has 1 fully saturated rings. The smallest absolute Gasteiger partial charge is 0.318 e. The summed E-state index contributed by atoms with van der Waals surface area (Å²) in [7, 11) is 2.03. The second-order valence-electron chi connectivity index (χ2n) is 7.67. The molecule has 2 amide bonds. The van der Waals surface area contributed by atoms with Crippen molar-refractivity contribution in [3.8, 4) is 0 Å². The molecular weight excluding hydrogens is 316 g/mol. The molecule has 136 valence electrons. The molecule has 3 rings (SSSR count). The molecule has 0 bridgehead atoms. The predicted octanol–water partition coefficient (Wildman–Crippen LogP) is 2.81. The molecule has 0 radical (unpaired) electrons. The first-order valence-electron chi connectivity index (χ1n) is 8.93. The number of likely N-dealkylation sites (tertiary alicyclic amines) is 1. The predicted molar refractivity (Wildman–Crippen MR) is 96.0 cm³/mol. The van der Waals surface area contributed by atoms with E-state index < -0.39 is 0 Å². The van der Waals surface area contributed by atoms with Gasteiger partial charge >= 0.3 is 6.03 Å². The van der Waals surface area contributed by atoms with Crippen LogP contribution in [-0.2, 0) is 19.1 Å². The summed E-state index contributed by atoms with van der Waals surface area (Å²) in [5, 5.41) is 7.32. The zero-order valence-corrected chi connectivity index (χ0v) is 15.6. The van der Waals surface area contributed by atoms with Crippen molar-refractivity contribution in [3.63, 3.8) is 0 Å². The van der Waals surface area contributed by atoms with Crippen molar-refractivity contribution in [1.29, 1.82) is 0 Å². The maximum Gasteiger partial charge on any atom is 0.318 e. The van der Waals surface area contributed by atoms with Crippen LogP contribution in [0.15, 0.2) is 24.7 Å². The second-order valence-corrected chi connectivity index (χ2v) is 7.67. The molecule has 0 aromatic carbocycles. The van der Waals surface area contributed by atoms with Crippen LogP contribution < -0.4 is 5.32 Å². The van der Waals surface area contributed by atoms with Crippen LogP contribution in [0.2, 0.25) is 0 Å². The molecule has 1 aliphatic heterocycles. The van der Waals surface area contributed by atoms with Gasteiger partial charge in [-0.25, -0.2) is 14.5 Å². The lowest BCUT2D eigenvalue weighted by Gasteiger charge is -2.36. The maximum absolute atomic E-state index is 12.8. The van der Waals surface area contributed by atoms with Crippen molar-refractivity contribution >= 4 is 6.03 Å². The monoisotopic (exact) mass is 344 g/mol. The number of nitrogens with zero attached hydrogens (tertiary/aromatic N) is 5. The summed E-state index contributed by atoms with van der Waals surface area (Å²) in [5.41, 5.74) is 1.03. The number of amides is 2. The van der Waals surface area contributed by atoms with Gasteiger partial charge in [0.2, 0.25) is 0 Å². The number of aryl methyl sites for hydroxylation is 1. The maximum atomic E-state index is 12.8. The van der Waals surface area contributed by atoms with Crippen LogP contribution in [-0.4, -0.2) is 36.8 Å². The summed E-state index contributed by atoms with van der Waals surface area (Å²) in [5.74, 6) is 0.772. The molecule has 3 heterocycles. The first-order valence-corrected chi connectivity index (χ1v) is 8.93. The molecule has 0 saturated carbocycles. The minimum Gasteiger partial charge on any atom is -0.353 e. The third kappa shape index (κ3) is 3.70. The molecule has 2 aromatic rings. The van der Waals surface area contributed by atoms with E-state index in [1.165, 1.54) is 5.69 Å². The Morgan fingerprint density at radius 2 is 2.16 bits per heavy atom. The Kier molecular flexibility index (Phi) is 4.83. The SMILES string of the molecule is Cn1cccc1[C@H]1CCCCN1C(=O)NCc1ncnn1C(C)(C)C.